The number of piperazine rings is 1. The van der Waals surface area contributed by atoms with Crippen molar-refractivity contribution in [3.8, 4) is 0 Å². The van der Waals surface area contributed by atoms with E-state index in [9.17, 15) is 0 Å². The summed E-state index contributed by atoms with van der Waals surface area (Å²) in [6.07, 6.45) is 0. The zero-order valence-corrected chi connectivity index (χ0v) is 12.2. The fourth-order valence-corrected chi connectivity index (χ4v) is 2.97. The Morgan fingerprint density at radius 2 is 1.50 bits per heavy atom. The fourth-order valence-electron chi connectivity index (χ4n) is 2.97. The average Bonchev–Trinajstić information content (AvgIpc) is 2.50. The molecule has 2 saturated heterocycles. The van der Waals surface area contributed by atoms with Crippen LogP contribution < -0.4 is 5.32 Å². The van der Waals surface area contributed by atoms with Crippen LogP contribution in [0, 0.1) is 0 Å². The van der Waals surface area contributed by atoms with Crippen LogP contribution in [0.15, 0.2) is 24.3 Å². The zero-order valence-electron chi connectivity index (χ0n) is 12.2. The van der Waals surface area contributed by atoms with Gasteiger partial charge in [0.1, 0.15) is 0 Å². The molecule has 1 aromatic carbocycles. The number of benzene rings is 1. The van der Waals surface area contributed by atoms with Crippen molar-refractivity contribution in [3.05, 3.63) is 35.4 Å². The molecule has 2 heterocycles. The lowest BCUT2D eigenvalue weighted by molar-refractivity contribution is 0.0342. The molecule has 2 aliphatic rings. The van der Waals surface area contributed by atoms with Crippen LogP contribution in [0.5, 0.6) is 0 Å². The van der Waals surface area contributed by atoms with Crippen molar-refractivity contribution in [1.82, 2.24) is 15.1 Å². The molecule has 0 atom stereocenters. The van der Waals surface area contributed by atoms with Crippen molar-refractivity contribution in [1.29, 1.82) is 0 Å². The summed E-state index contributed by atoms with van der Waals surface area (Å²) in [6.45, 7) is 10.6. The highest BCUT2D eigenvalue weighted by atomic mass is 16.5. The molecule has 0 spiro atoms. The Kier molecular flexibility index (Phi) is 5.03. The maximum absolute atomic E-state index is 5.41. The molecule has 0 bridgehead atoms. The molecule has 1 N–H and O–H groups in total. The van der Waals surface area contributed by atoms with E-state index in [0.717, 1.165) is 65.6 Å². The maximum Gasteiger partial charge on any atom is 0.0594 e. The monoisotopic (exact) mass is 275 g/mol. The van der Waals surface area contributed by atoms with Gasteiger partial charge in [-0.15, -0.1) is 0 Å². The zero-order chi connectivity index (χ0) is 13.6. The molecule has 110 valence electrons. The van der Waals surface area contributed by atoms with Gasteiger partial charge < -0.3 is 10.1 Å². The smallest absolute Gasteiger partial charge is 0.0594 e. The van der Waals surface area contributed by atoms with E-state index in [1.54, 1.807) is 0 Å². The normalized spacial score (nSPS) is 22.0. The summed E-state index contributed by atoms with van der Waals surface area (Å²) < 4.78 is 5.41. The Bertz CT molecular complexity index is 377. The summed E-state index contributed by atoms with van der Waals surface area (Å²) >= 11 is 0. The van der Waals surface area contributed by atoms with Gasteiger partial charge in [0.15, 0.2) is 0 Å². The van der Waals surface area contributed by atoms with Crippen LogP contribution in [0.2, 0.25) is 0 Å². The minimum absolute atomic E-state index is 0.875. The Hall–Kier alpha value is -0.940. The number of nitrogens with zero attached hydrogens (tertiary/aromatic N) is 2. The highest BCUT2D eigenvalue weighted by molar-refractivity contribution is 5.23. The van der Waals surface area contributed by atoms with Crippen LogP contribution in [0.4, 0.5) is 0 Å². The lowest BCUT2D eigenvalue weighted by Crippen LogP contribution is -2.42. The van der Waals surface area contributed by atoms with Crippen molar-refractivity contribution < 1.29 is 4.74 Å². The number of hydrogen-bond acceptors (Lipinski definition) is 4. The van der Waals surface area contributed by atoms with Gasteiger partial charge in [-0.1, -0.05) is 24.3 Å². The highest BCUT2D eigenvalue weighted by Crippen LogP contribution is 2.12. The van der Waals surface area contributed by atoms with Gasteiger partial charge in [-0.25, -0.2) is 0 Å². The number of nitrogens with one attached hydrogen (secondary N) is 1. The summed E-state index contributed by atoms with van der Waals surface area (Å²) in [5.41, 5.74) is 2.87. The summed E-state index contributed by atoms with van der Waals surface area (Å²) in [6, 6.07) is 9.08. The van der Waals surface area contributed by atoms with E-state index >= 15 is 0 Å². The van der Waals surface area contributed by atoms with Crippen molar-refractivity contribution in [2.75, 3.05) is 52.5 Å². The van der Waals surface area contributed by atoms with E-state index in [1.807, 2.05) is 0 Å². The van der Waals surface area contributed by atoms with Gasteiger partial charge in [0, 0.05) is 52.4 Å². The third-order valence-electron chi connectivity index (χ3n) is 4.12. The van der Waals surface area contributed by atoms with Crippen LogP contribution in [0.25, 0.3) is 0 Å². The predicted molar refractivity (Wildman–Crippen MR) is 80.7 cm³/mol. The van der Waals surface area contributed by atoms with E-state index in [0.29, 0.717) is 0 Å². The van der Waals surface area contributed by atoms with E-state index in [2.05, 4.69) is 39.4 Å². The number of rotatable bonds is 4. The second kappa shape index (κ2) is 7.18. The molecule has 20 heavy (non-hydrogen) atoms. The predicted octanol–water partition coefficient (Wildman–Crippen LogP) is 0.924. The van der Waals surface area contributed by atoms with Crippen LogP contribution in [-0.4, -0.2) is 62.3 Å². The van der Waals surface area contributed by atoms with Crippen LogP contribution in [0.1, 0.15) is 11.1 Å². The van der Waals surface area contributed by atoms with Crippen LogP contribution in [-0.2, 0) is 17.8 Å². The first-order valence-corrected chi connectivity index (χ1v) is 7.71. The third kappa shape index (κ3) is 4.03. The SMILES string of the molecule is c1cc(CN2CCNCC2)cc(CN2CCOCC2)c1. The Morgan fingerprint density at radius 1 is 0.900 bits per heavy atom. The number of morpholine rings is 1. The van der Waals surface area contributed by atoms with E-state index < -0.39 is 0 Å². The molecular formula is C16H25N3O. The molecule has 2 aliphatic heterocycles. The minimum Gasteiger partial charge on any atom is -0.379 e. The summed E-state index contributed by atoms with van der Waals surface area (Å²) in [5, 5.41) is 3.41. The van der Waals surface area contributed by atoms with Crippen LogP contribution >= 0.6 is 0 Å². The Labute approximate surface area is 121 Å². The van der Waals surface area contributed by atoms with Gasteiger partial charge in [0.25, 0.3) is 0 Å². The molecule has 0 radical (unpaired) electrons. The van der Waals surface area contributed by atoms with Crippen molar-refractivity contribution in [2.24, 2.45) is 0 Å². The standard InChI is InChI=1S/C16H25N3O/c1-2-15(13-18-6-4-17-5-7-18)12-16(3-1)14-19-8-10-20-11-9-19/h1-3,12,17H,4-11,13-14H2. The van der Waals surface area contributed by atoms with Gasteiger partial charge >= 0.3 is 0 Å². The van der Waals surface area contributed by atoms with Crippen molar-refractivity contribution in [2.45, 2.75) is 13.1 Å². The fraction of sp³-hybridized carbons (Fsp3) is 0.625. The summed E-state index contributed by atoms with van der Waals surface area (Å²) in [7, 11) is 0. The molecule has 0 saturated carbocycles. The largest absolute Gasteiger partial charge is 0.379 e. The Morgan fingerprint density at radius 3 is 2.15 bits per heavy atom. The minimum atomic E-state index is 0.875. The summed E-state index contributed by atoms with van der Waals surface area (Å²) in [4.78, 5) is 5.01. The van der Waals surface area contributed by atoms with Crippen LogP contribution in [0.3, 0.4) is 0 Å². The number of ether oxygens (including phenoxy) is 1. The molecular weight excluding hydrogens is 250 g/mol. The molecule has 1 aromatic rings. The summed E-state index contributed by atoms with van der Waals surface area (Å²) in [5.74, 6) is 0. The molecule has 0 aliphatic carbocycles. The first kappa shape index (κ1) is 14.0. The van der Waals surface area contributed by atoms with Gasteiger partial charge in [-0.3, -0.25) is 9.80 Å². The van der Waals surface area contributed by atoms with E-state index in [1.165, 1.54) is 11.1 Å². The molecule has 0 amide bonds. The lowest BCUT2D eigenvalue weighted by atomic mass is 10.1. The van der Waals surface area contributed by atoms with E-state index in [-0.39, 0.29) is 0 Å². The third-order valence-corrected chi connectivity index (χ3v) is 4.12. The first-order chi connectivity index (χ1) is 9.90. The maximum atomic E-state index is 5.41. The topological polar surface area (TPSA) is 27.7 Å². The van der Waals surface area contributed by atoms with Gasteiger partial charge in [0.2, 0.25) is 0 Å². The molecule has 4 heteroatoms. The average molecular weight is 275 g/mol. The van der Waals surface area contributed by atoms with Gasteiger partial charge in [-0.05, 0) is 11.1 Å². The van der Waals surface area contributed by atoms with Gasteiger partial charge in [0.05, 0.1) is 13.2 Å². The molecule has 3 rings (SSSR count). The molecule has 0 unspecified atom stereocenters. The van der Waals surface area contributed by atoms with Crippen molar-refractivity contribution in [3.63, 3.8) is 0 Å². The first-order valence-electron chi connectivity index (χ1n) is 7.71. The molecule has 4 nitrogen and oxygen atoms in total. The van der Waals surface area contributed by atoms with Crippen molar-refractivity contribution >= 4 is 0 Å². The molecule has 2 fully saturated rings. The van der Waals surface area contributed by atoms with Gasteiger partial charge in [-0.2, -0.15) is 0 Å². The molecule has 0 aromatic heterocycles. The Balaban J connectivity index is 1.57. The van der Waals surface area contributed by atoms with E-state index in [4.69, 9.17) is 4.74 Å². The highest BCUT2D eigenvalue weighted by Gasteiger charge is 2.12. The second-order valence-electron chi connectivity index (χ2n) is 5.73. The number of hydrogen-bond donors (Lipinski definition) is 1. The second-order valence-corrected chi connectivity index (χ2v) is 5.73. The lowest BCUT2D eigenvalue weighted by Gasteiger charge is -2.28. The quantitative estimate of drug-likeness (QED) is 0.884.